The van der Waals surface area contributed by atoms with E-state index in [1.54, 1.807) is 0 Å². The van der Waals surface area contributed by atoms with Gasteiger partial charge in [-0.25, -0.2) is 0 Å². The Hall–Kier alpha value is -0.370. The molecule has 0 radical (unpaired) electrons. The number of nitrogens with two attached hydrogens (primary N) is 1. The minimum atomic E-state index is 0. The van der Waals surface area contributed by atoms with E-state index >= 15 is 0 Å². The molecule has 2 nitrogen and oxygen atoms in total. The van der Waals surface area contributed by atoms with Crippen LogP contribution in [0.2, 0.25) is 0 Å². The zero-order chi connectivity index (χ0) is 8.83. The van der Waals surface area contributed by atoms with Crippen LogP contribution in [0.4, 0.5) is 0 Å². The number of rotatable bonds is 2. The van der Waals surface area contributed by atoms with E-state index in [2.05, 4.69) is 19.6 Å². The molecule has 0 fully saturated rings. The average Bonchev–Trinajstić information content (AvgIpc) is 1.96. The maximum absolute atomic E-state index is 8.81. The van der Waals surface area contributed by atoms with Crippen LogP contribution in [0, 0.1) is 0 Å². The Balaban J connectivity index is -0.0000000360. The maximum atomic E-state index is 8.81. The van der Waals surface area contributed by atoms with Gasteiger partial charge in [-0.2, -0.15) is 0 Å². The number of carbonyl (C=O) groups excluding carboxylic acids is 1. The van der Waals surface area contributed by atoms with Crippen LogP contribution in [0.3, 0.4) is 0 Å². The lowest BCUT2D eigenvalue weighted by atomic mass is 10.3. The molecule has 66 valence electrons. The lowest BCUT2D eigenvalue weighted by Gasteiger charge is -1.79. The molecule has 0 aliphatic heterocycles. The van der Waals surface area contributed by atoms with Crippen molar-refractivity contribution in [2.45, 2.75) is 40.0 Å². The molecule has 2 N–H and O–H groups in total. The van der Waals surface area contributed by atoms with Crippen molar-refractivity contribution in [2.75, 3.05) is 7.05 Å². The quantitative estimate of drug-likeness (QED) is 0.612. The highest BCUT2D eigenvalue weighted by molar-refractivity contribution is 5.44. The third kappa shape index (κ3) is 126. The largest absolute Gasteiger partial charge is 0.333 e. The summed E-state index contributed by atoms with van der Waals surface area (Å²) in [5.41, 5.74) is 4.50. The lowest BCUT2D eigenvalue weighted by Crippen LogP contribution is -1.69. The van der Waals surface area contributed by atoms with Gasteiger partial charge in [-0.05, 0) is 14.0 Å². The van der Waals surface area contributed by atoms with Crippen LogP contribution < -0.4 is 5.73 Å². The van der Waals surface area contributed by atoms with Crippen LogP contribution in [-0.4, -0.2) is 13.3 Å². The monoisotopic (exact) mass is 149 g/mol. The second-order valence-electron chi connectivity index (χ2n) is 1.59. The molecule has 0 aliphatic carbocycles. The number of unbranched alkanes of at least 4 members (excludes halogenated alkanes) is 2. The van der Waals surface area contributed by atoms with E-state index in [0.717, 1.165) is 6.29 Å². The molecule has 0 spiro atoms. The van der Waals surface area contributed by atoms with Crippen LogP contribution >= 0.6 is 0 Å². The molecule has 0 bridgehead atoms. The average molecular weight is 149 g/mol. The zero-order valence-corrected chi connectivity index (χ0v) is 7.68. The molecular weight excluding hydrogens is 126 g/mol. The Morgan fingerprint density at radius 1 is 1.30 bits per heavy atom. The van der Waals surface area contributed by atoms with Crippen molar-refractivity contribution in [3.63, 3.8) is 0 Å². The highest BCUT2D eigenvalue weighted by atomic mass is 16.1. The van der Waals surface area contributed by atoms with E-state index in [1.165, 1.54) is 33.2 Å². The van der Waals surface area contributed by atoms with Gasteiger partial charge >= 0.3 is 0 Å². The predicted molar refractivity (Wildman–Crippen MR) is 49.2 cm³/mol. The Bertz CT molecular complexity index is 41.1. The molecule has 0 atom stereocenters. The normalized spacial score (nSPS) is 6.10. The summed E-state index contributed by atoms with van der Waals surface area (Å²) in [6, 6.07) is 0. The van der Waals surface area contributed by atoms with Crippen molar-refractivity contribution < 1.29 is 6.22 Å². The summed E-state index contributed by atoms with van der Waals surface area (Å²) in [7, 11) is 1.50. The second kappa shape index (κ2) is 38.1. The summed E-state index contributed by atoms with van der Waals surface area (Å²) in [6.07, 6.45) is 4.83. The summed E-state index contributed by atoms with van der Waals surface area (Å²) in [5.74, 6) is 0. The van der Waals surface area contributed by atoms with Crippen LogP contribution in [0.25, 0.3) is 0 Å². The Kier molecular flexibility index (Phi) is 62.2. The van der Waals surface area contributed by atoms with E-state index in [-0.39, 0.29) is 1.43 Å². The third-order valence-electron chi connectivity index (χ3n) is 0.707. The SMILES string of the molecule is CC=O.CCCCC.CN.[HH]. The van der Waals surface area contributed by atoms with Gasteiger partial charge < -0.3 is 10.5 Å². The minimum absolute atomic E-state index is 0. The topological polar surface area (TPSA) is 43.1 Å². The molecule has 0 aromatic carbocycles. The smallest absolute Gasteiger partial charge is 0.116 e. The van der Waals surface area contributed by atoms with Gasteiger partial charge in [0.05, 0.1) is 0 Å². The van der Waals surface area contributed by atoms with Gasteiger partial charge in [0.2, 0.25) is 0 Å². The summed E-state index contributed by atoms with van der Waals surface area (Å²) in [4.78, 5) is 8.81. The number of hydrogen-bond donors (Lipinski definition) is 1. The van der Waals surface area contributed by atoms with Gasteiger partial charge in [-0.15, -0.1) is 0 Å². The highest BCUT2D eigenvalue weighted by Crippen LogP contribution is 1.88. The fourth-order valence-electron chi connectivity index (χ4n) is 0.354. The maximum Gasteiger partial charge on any atom is 0.116 e. The molecule has 0 aromatic rings. The van der Waals surface area contributed by atoms with Crippen molar-refractivity contribution in [3.05, 3.63) is 0 Å². The van der Waals surface area contributed by atoms with Crippen LogP contribution in [0.15, 0.2) is 0 Å². The van der Waals surface area contributed by atoms with Gasteiger partial charge in [0.1, 0.15) is 6.29 Å². The number of hydrogen-bond acceptors (Lipinski definition) is 2. The first-order valence-corrected chi connectivity index (χ1v) is 3.80. The van der Waals surface area contributed by atoms with E-state index in [0.29, 0.717) is 0 Å². The first-order valence-electron chi connectivity index (χ1n) is 3.80. The Labute approximate surface area is 66.3 Å². The molecule has 0 saturated heterocycles. The van der Waals surface area contributed by atoms with Gasteiger partial charge in [0.25, 0.3) is 0 Å². The van der Waals surface area contributed by atoms with Crippen molar-refractivity contribution in [1.82, 2.24) is 0 Å². The molecule has 10 heavy (non-hydrogen) atoms. The first kappa shape index (κ1) is 16.3. The van der Waals surface area contributed by atoms with Crippen LogP contribution in [0.5, 0.6) is 0 Å². The standard InChI is InChI=1S/C5H12.C2H4O.CH5N.H2/c1-3-5-4-2;1-2-3;1-2;/h3-5H2,1-2H3;2H,1H3;2H2,1H3;1H. The first-order chi connectivity index (χ1) is 4.83. The molecule has 0 aromatic heterocycles. The Morgan fingerprint density at radius 3 is 1.50 bits per heavy atom. The van der Waals surface area contributed by atoms with Crippen molar-refractivity contribution in [1.29, 1.82) is 0 Å². The van der Waals surface area contributed by atoms with Gasteiger partial charge in [-0.1, -0.05) is 33.1 Å². The summed E-state index contributed by atoms with van der Waals surface area (Å²) >= 11 is 0. The fourth-order valence-corrected chi connectivity index (χ4v) is 0.354. The molecule has 0 amide bonds. The van der Waals surface area contributed by atoms with Crippen molar-refractivity contribution >= 4 is 6.29 Å². The summed E-state index contributed by atoms with van der Waals surface area (Å²) in [5, 5.41) is 0. The number of aldehydes is 1. The molecule has 0 heterocycles. The predicted octanol–water partition coefficient (Wildman–Crippen LogP) is 2.22. The molecule has 0 rings (SSSR count). The molecular formula is C8H23NO. The van der Waals surface area contributed by atoms with E-state index in [1.807, 2.05) is 0 Å². The zero-order valence-electron chi connectivity index (χ0n) is 7.68. The molecule has 0 unspecified atom stereocenters. The lowest BCUT2D eigenvalue weighted by molar-refractivity contribution is -0.106. The summed E-state index contributed by atoms with van der Waals surface area (Å²) in [6.45, 7) is 5.87. The van der Waals surface area contributed by atoms with E-state index in [9.17, 15) is 0 Å². The van der Waals surface area contributed by atoms with Gasteiger partial charge in [0, 0.05) is 1.43 Å². The van der Waals surface area contributed by atoms with Crippen LogP contribution in [0.1, 0.15) is 41.5 Å². The minimum Gasteiger partial charge on any atom is -0.333 e. The highest BCUT2D eigenvalue weighted by Gasteiger charge is 1.68. The second-order valence-corrected chi connectivity index (χ2v) is 1.59. The van der Waals surface area contributed by atoms with Crippen LogP contribution in [-0.2, 0) is 4.79 Å². The molecule has 2 heteroatoms. The van der Waals surface area contributed by atoms with Crippen molar-refractivity contribution in [3.8, 4) is 0 Å². The van der Waals surface area contributed by atoms with Gasteiger partial charge in [0.15, 0.2) is 0 Å². The fraction of sp³-hybridized carbons (Fsp3) is 0.875. The number of carbonyl (C=O) groups is 1. The Morgan fingerprint density at radius 2 is 1.50 bits per heavy atom. The van der Waals surface area contributed by atoms with E-state index < -0.39 is 0 Å². The third-order valence-corrected chi connectivity index (χ3v) is 0.707. The van der Waals surface area contributed by atoms with Gasteiger partial charge in [-0.3, -0.25) is 0 Å². The van der Waals surface area contributed by atoms with E-state index in [4.69, 9.17) is 4.79 Å². The molecule has 0 aliphatic rings. The van der Waals surface area contributed by atoms with Crippen molar-refractivity contribution in [2.24, 2.45) is 5.73 Å². The summed E-state index contributed by atoms with van der Waals surface area (Å²) < 4.78 is 0. The molecule has 0 saturated carbocycles.